The zero-order valence-corrected chi connectivity index (χ0v) is 14.7. The Hall–Kier alpha value is 2.52. The second-order valence-corrected chi connectivity index (χ2v) is 2.84. The fourth-order valence-corrected chi connectivity index (χ4v) is 1.01. The van der Waals surface area contributed by atoms with Crippen LogP contribution in [0.4, 0.5) is 0 Å². The van der Waals surface area contributed by atoms with Crippen molar-refractivity contribution in [1.29, 1.82) is 0 Å². The summed E-state index contributed by atoms with van der Waals surface area (Å²) in [6.45, 7) is 0. The predicted octanol–water partition coefficient (Wildman–Crippen LogP) is -9.45. The molecule has 0 aliphatic heterocycles. The monoisotopic (exact) mass is 255 g/mol. The van der Waals surface area contributed by atoms with E-state index in [0.29, 0.717) is 0 Å². The van der Waals surface area contributed by atoms with Crippen molar-refractivity contribution in [3.63, 3.8) is 0 Å². The van der Waals surface area contributed by atoms with Gasteiger partial charge in [0, 0.05) is 11.5 Å². The summed E-state index contributed by atoms with van der Waals surface area (Å²) in [6, 6.07) is -1.11. The molecule has 0 saturated heterocycles. The summed E-state index contributed by atoms with van der Waals surface area (Å²) in [5.41, 5.74) is 5.01. The Morgan fingerprint density at radius 3 is 2.08 bits per heavy atom. The molecule has 0 aliphatic carbocycles. The topological polar surface area (TPSA) is 106 Å². The molecule has 0 radical (unpaired) electrons. The van der Waals surface area contributed by atoms with Gasteiger partial charge in [-0.2, -0.15) is 11.8 Å². The van der Waals surface area contributed by atoms with Gasteiger partial charge in [0.25, 0.3) is 0 Å². The van der Waals surface area contributed by atoms with Crippen LogP contribution in [0.3, 0.4) is 0 Å². The molecule has 0 aromatic heterocycles. The third kappa shape index (κ3) is 14.5. The van der Waals surface area contributed by atoms with E-state index in [9.17, 15) is 19.8 Å². The molecular weight excluding hydrogens is 248 g/mol. The van der Waals surface area contributed by atoms with E-state index in [-0.39, 0.29) is 114 Å². The molecule has 0 unspecified atom stereocenters. The molecule has 64 valence electrons. The van der Waals surface area contributed by atoms with Gasteiger partial charge in [-0.3, -0.25) is 0 Å². The Bertz CT molecular complexity index is 169. The van der Waals surface area contributed by atoms with Crippen molar-refractivity contribution >= 4 is 23.7 Å². The van der Waals surface area contributed by atoms with E-state index >= 15 is 0 Å². The van der Waals surface area contributed by atoms with Crippen molar-refractivity contribution in [3.8, 4) is 0 Å². The number of hydrogen-bond acceptors (Lipinski definition) is 6. The minimum Gasteiger partial charge on any atom is -0.549 e. The second-order valence-electron chi connectivity index (χ2n) is 1.81. The molecule has 0 aromatic rings. The molecule has 1 atom stereocenters. The molecule has 8 heteroatoms. The van der Waals surface area contributed by atoms with Gasteiger partial charge in [-0.25, -0.2) is 0 Å². The Morgan fingerprint density at radius 1 is 1.31 bits per heavy atom. The number of rotatable bonds is 5. The van der Waals surface area contributed by atoms with E-state index in [2.05, 4.69) is 0 Å². The van der Waals surface area contributed by atoms with Gasteiger partial charge in [0.15, 0.2) is 0 Å². The fraction of sp³-hybridized carbons (Fsp3) is 0.600. The van der Waals surface area contributed by atoms with E-state index in [4.69, 9.17) is 5.73 Å². The molecule has 0 fully saturated rings. The standard InChI is InChI=1S/C5H9NO4S.2K/c6-3(5(9)10)1-11-2-4(7)8;;/h3H,1-2,6H2,(H,7,8)(H,9,10);;/q;2*+1/p-2/t3-;;/m0../s1. The molecule has 13 heavy (non-hydrogen) atoms. The maximum Gasteiger partial charge on any atom is 1.00 e. The molecule has 5 nitrogen and oxygen atoms in total. The summed E-state index contributed by atoms with van der Waals surface area (Å²) in [6.07, 6.45) is 0. The van der Waals surface area contributed by atoms with Crippen molar-refractivity contribution in [1.82, 2.24) is 0 Å². The Morgan fingerprint density at radius 2 is 1.77 bits per heavy atom. The molecule has 0 spiro atoms. The largest absolute Gasteiger partial charge is 1.00 e. The second kappa shape index (κ2) is 12.6. The summed E-state index contributed by atoms with van der Waals surface area (Å²) in [5, 5.41) is 19.8. The molecule has 0 aliphatic rings. The maximum atomic E-state index is 9.96. The van der Waals surface area contributed by atoms with Crippen LogP contribution in [0.5, 0.6) is 0 Å². The van der Waals surface area contributed by atoms with Crippen molar-refractivity contribution in [2.24, 2.45) is 5.73 Å². The molecule has 0 rings (SSSR count). The number of carbonyl (C=O) groups excluding carboxylic acids is 2. The van der Waals surface area contributed by atoms with Crippen molar-refractivity contribution in [3.05, 3.63) is 0 Å². The SMILES string of the molecule is N[C@@H](CSCC(=O)[O-])C(=O)[O-].[K+].[K+]. The van der Waals surface area contributed by atoms with Crippen LogP contribution in [0.1, 0.15) is 0 Å². The number of nitrogens with two attached hydrogens (primary N) is 1. The number of hydrogen-bond donors (Lipinski definition) is 1. The first-order valence-corrected chi connectivity index (χ1v) is 3.93. The third-order valence-corrected chi connectivity index (χ3v) is 1.85. The first kappa shape index (κ1) is 20.9. The Labute approximate surface area is 165 Å². The minimum atomic E-state index is -1.38. The normalized spacial score (nSPS) is 10.5. The predicted molar refractivity (Wildman–Crippen MR) is 35.3 cm³/mol. The minimum absolute atomic E-state index is 0. The fourth-order valence-electron chi connectivity index (χ4n) is 0.337. The van der Waals surface area contributed by atoms with Gasteiger partial charge in [-0.15, -0.1) is 0 Å². The molecule has 0 amide bonds. The summed E-state index contributed by atoms with van der Waals surface area (Å²) in [4.78, 5) is 19.8. The van der Waals surface area contributed by atoms with Crippen LogP contribution in [-0.4, -0.2) is 29.5 Å². The molecule has 0 bridgehead atoms. The van der Waals surface area contributed by atoms with E-state index in [1.54, 1.807) is 0 Å². The summed E-state index contributed by atoms with van der Waals surface area (Å²) in [7, 11) is 0. The molecule has 0 saturated carbocycles. The average Bonchev–Trinajstić information content (AvgIpc) is 1.86. The molecular formula is C5H7K2NO4S. The van der Waals surface area contributed by atoms with Crippen molar-refractivity contribution in [2.45, 2.75) is 6.04 Å². The van der Waals surface area contributed by atoms with E-state index in [1.165, 1.54) is 0 Å². The first-order chi connectivity index (χ1) is 5.04. The van der Waals surface area contributed by atoms with Gasteiger partial charge in [0.05, 0.1) is 18.0 Å². The van der Waals surface area contributed by atoms with Crippen LogP contribution in [-0.2, 0) is 9.59 Å². The molecule has 0 heterocycles. The summed E-state index contributed by atoms with van der Waals surface area (Å²) in [5.74, 6) is -2.84. The van der Waals surface area contributed by atoms with Crippen LogP contribution in [0, 0.1) is 0 Å². The van der Waals surface area contributed by atoms with Crippen molar-refractivity contribution < 1.29 is 123 Å². The van der Waals surface area contributed by atoms with Gasteiger partial charge in [-0.05, 0) is 0 Å². The van der Waals surface area contributed by atoms with Crippen molar-refractivity contribution in [2.75, 3.05) is 11.5 Å². The average molecular weight is 255 g/mol. The smallest absolute Gasteiger partial charge is 0.549 e. The van der Waals surface area contributed by atoms with Gasteiger partial charge in [0.2, 0.25) is 0 Å². The van der Waals surface area contributed by atoms with Crippen LogP contribution < -0.4 is 119 Å². The first-order valence-electron chi connectivity index (χ1n) is 2.78. The number of carbonyl (C=O) groups is 2. The van der Waals surface area contributed by atoms with Gasteiger partial charge in [-0.1, -0.05) is 0 Å². The quantitative estimate of drug-likeness (QED) is 0.489. The number of aliphatic carboxylic acids is 2. The zero-order chi connectivity index (χ0) is 8.85. The van der Waals surface area contributed by atoms with Gasteiger partial charge in [0.1, 0.15) is 0 Å². The maximum absolute atomic E-state index is 9.96. The van der Waals surface area contributed by atoms with Crippen LogP contribution in [0.2, 0.25) is 0 Å². The Balaban J connectivity index is -0.000000500. The van der Waals surface area contributed by atoms with Crippen LogP contribution in [0.25, 0.3) is 0 Å². The van der Waals surface area contributed by atoms with Gasteiger partial charge >= 0.3 is 103 Å². The van der Waals surface area contributed by atoms with Crippen LogP contribution in [0.15, 0.2) is 0 Å². The van der Waals surface area contributed by atoms with E-state index < -0.39 is 18.0 Å². The number of carboxylic acid groups (broad SMARTS) is 2. The molecule has 2 N–H and O–H groups in total. The van der Waals surface area contributed by atoms with E-state index in [0.717, 1.165) is 11.8 Å². The summed E-state index contributed by atoms with van der Waals surface area (Å²) < 4.78 is 0. The van der Waals surface area contributed by atoms with Gasteiger partial charge < -0.3 is 25.5 Å². The molecule has 0 aromatic carbocycles. The van der Waals surface area contributed by atoms with Crippen LogP contribution >= 0.6 is 11.8 Å². The van der Waals surface area contributed by atoms with E-state index in [1.807, 2.05) is 0 Å². The number of thioether (sulfide) groups is 1. The Kier molecular flexibility index (Phi) is 20.2. The zero-order valence-electron chi connectivity index (χ0n) is 7.61. The number of carboxylic acids is 2. The summed E-state index contributed by atoms with van der Waals surface area (Å²) >= 11 is 0.890. The third-order valence-electron chi connectivity index (χ3n) is 0.820.